The van der Waals surface area contributed by atoms with Gasteiger partial charge < -0.3 is 5.32 Å². The maximum absolute atomic E-state index is 12.5. The largest absolute Gasteiger partial charge is 0.315 e. The molecule has 1 atom stereocenters. The first-order valence-electron chi connectivity index (χ1n) is 6.97. The van der Waals surface area contributed by atoms with E-state index in [0.29, 0.717) is 13.1 Å². The van der Waals surface area contributed by atoms with E-state index in [2.05, 4.69) is 12.2 Å². The molecule has 0 bridgehead atoms. The fourth-order valence-electron chi connectivity index (χ4n) is 2.36. The van der Waals surface area contributed by atoms with Gasteiger partial charge in [-0.05, 0) is 25.8 Å². The lowest BCUT2D eigenvalue weighted by Crippen LogP contribution is -2.52. The van der Waals surface area contributed by atoms with Crippen molar-refractivity contribution in [3.63, 3.8) is 0 Å². The third kappa shape index (κ3) is 3.91. The van der Waals surface area contributed by atoms with Gasteiger partial charge in [0.1, 0.15) is 0 Å². The Morgan fingerprint density at radius 1 is 1.33 bits per heavy atom. The zero-order valence-electron chi connectivity index (χ0n) is 11.9. The molecule has 1 heterocycles. The van der Waals surface area contributed by atoms with E-state index in [1.54, 1.807) is 11.4 Å². The predicted octanol–water partition coefficient (Wildman–Crippen LogP) is 1.04. The SMILES string of the molecule is CCCCN(C)S(=O)(=O)N(CC)C1CCCNC1. The predicted molar refractivity (Wildman–Crippen MR) is 74.7 cm³/mol. The van der Waals surface area contributed by atoms with Gasteiger partial charge in [0.25, 0.3) is 10.2 Å². The van der Waals surface area contributed by atoms with Crippen molar-refractivity contribution >= 4 is 10.2 Å². The minimum Gasteiger partial charge on any atom is -0.315 e. The Balaban J connectivity index is 2.71. The topological polar surface area (TPSA) is 52.7 Å². The van der Waals surface area contributed by atoms with Crippen LogP contribution in [-0.2, 0) is 10.2 Å². The molecular formula is C12H27N3O2S. The average Bonchev–Trinajstić information content (AvgIpc) is 2.37. The standard InChI is InChI=1S/C12H27N3O2S/c1-4-6-10-14(3)18(16,17)15(5-2)12-8-7-9-13-11-12/h12-13H,4-11H2,1-3H3. The molecule has 108 valence electrons. The van der Waals surface area contributed by atoms with Crippen molar-refractivity contribution in [2.24, 2.45) is 0 Å². The molecule has 0 saturated carbocycles. The highest BCUT2D eigenvalue weighted by Crippen LogP contribution is 2.17. The molecule has 1 unspecified atom stereocenters. The van der Waals surface area contributed by atoms with Crippen molar-refractivity contribution in [1.82, 2.24) is 13.9 Å². The van der Waals surface area contributed by atoms with E-state index >= 15 is 0 Å². The van der Waals surface area contributed by atoms with Gasteiger partial charge >= 0.3 is 0 Å². The highest BCUT2D eigenvalue weighted by atomic mass is 32.2. The van der Waals surface area contributed by atoms with Crippen molar-refractivity contribution in [2.75, 3.05) is 33.2 Å². The molecule has 1 aliphatic heterocycles. The van der Waals surface area contributed by atoms with Gasteiger partial charge in [-0.15, -0.1) is 0 Å². The van der Waals surface area contributed by atoms with Crippen molar-refractivity contribution in [1.29, 1.82) is 0 Å². The van der Waals surface area contributed by atoms with Crippen molar-refractivity contribution in [3.05, 3.63) is 0 Å². The highest BCUT2D eigenvalue weighted by Gasteiger charge is 2.32. The van der Waals surface area contributed by atoms with Crippen LogP contribution < -0.4 is 5.32 Å². The molecule has 1 N–H and O–H groups in total. The fourth-order valence-corrected chi connectivity index (χ4v) is 3.97. The number of nitrogens with one attached hydrogen (secondary N) is 1. The summed E-state index contributed by atoms with van der Waals surface area (Å²) in [7, 11) is -1.61. The summed E-state index contributed by atoms with van der Waals surface area (Å²) < 4.78 is 28.1. The molecule has 0 amide bonds. The molecule has 0 radical (unpaired) electrons. The number of rotatable bonds is 7. The summed E-state index contributed by atoms with van der Waals surface area (Å²) in [4.78, 5) is 0. The molecule has 1 aliphatic rings. The average molecular weight is 277 g/mol. The maximum Gasteiger partial charge on any atom is 0.282 e. The van der Waals surface area contributed by atoms with Crippen molar-refractivity contribution in [2.45, 2.75) is 45.6 Å². The Morgan fingerprint density at radius 3 is 2.56 bits per heavy atom. The summed E-state index contributed by atoms with van der Waals surface area (Å²) in [6, 6.07) is 0.109. The molecule has 1 fully saturated rings. The first-order valence-corrected chi connectivity index (χ1v) is 8.37. The molecule has 0 spiro atoms. The van der Waals surface area contributed by atoms with E-state index < -0.39 is 10.2 Å². The Morgan fingerprint density at radius 2 is 2.06 bits per heavy atom. The molecule has 1 rings (SSSR count). The summed E-state index contributed by atoms with van der Waals surface area (Å²) in [5.74, 6) is 0. The van der Waals surface area contributed by atoms with Crippen LogP contribution in [0.4, 0.5) is 0 Å². The van der Waals surface area contributed by atoms with Gasteiger partial charge in [0.15, 0.2) is 0 Å². The third-order valence-electron chi connectivity index (χ3n) is 3.51. The summed E-state index contributed by atoms with van der Waals surface area (Å²) in [6.45, 7) is 6.91. The minimum atomic E-state index is -3.30. The van der Waals surface area contributed by atoms with Gasteiger partial charge in [0.05, 0.1) is 0 Å². The van der Waals surface area contributed by atoms with E-state index in [0.717, 1.165) is 38.8 Å². The number of piperidine rings is 1. The quantitative estimate of drug-likeness (QED) is 0.756. The number of hydrogen-bond donors (Lipinski definition) is 1. The molecule has 5 nitrogen and oxygen atoms in total. The van der Waals surface area contributed by atoms with Crippen LogP contribution >= 0.6 is 0 Å². The van der Waals surface area contributed by atoms with Gasteiger partial charge in [0.2, 0.25) is 0 Å². The van der Waals surface area contributed by atoms with Gasteiger partial charge in [-0.3, -0.25) is 0 Å². The number of hydrogen-bond acceptors (Lipinski definition) is 3. The summed E-state index contributed by atoms with van der Waals surface area (Å²) in [5, 5.41) is 3.28. The first-order chi connectivity index (χ1) is 8.54. The molecular weight excluding hydrogens is 250 g/mol. The van der Waals surface area contributed by atoms with Crippen LogP contribution in [0, 0.1) is 0 Å². The Labute approximate surface area is 112 Å². The summed E-state index contributed by atoms with van der Waals surface area (Å²) in [6.07, 6.45) is 3.93. The van der Waals surface area contributed by atoms with E-state index in [-0.39, 0.29) is 6.04 Å². The smallest absolute Gasteiger partial charge is 0.282 e. The van der Waals surface area contributed by atoms with Gasteiger partial charge in [0, 0.05) is 32.7 Å². The third-order valence-corrected chi connectivity index (χ3v) is 5.63. The van der Waals surface area contributed by atoms with Crippen LogP contribution in [0.2, 0.25) is 0 Å². The zero-order chi connectivity index (χ0) is 13.6. The lowest BCUT2D eigenvalue weighted by Gasteiger charge is -2.35. The van der Waals surface area contributed by atoms with Crippen LogP contribution in [0.1, 0.15) is 39.5 Å². The van der Waals surface area contributed by atoms with Crippen LogP contribution in [0.25, 0.3) is 0 Å². The Bertz CT molecular complexity index is 326. The van der Waals surface area contributed by atoms with E-state index in [9.17, 15) is 8.42 Å². The molecule has 0 aromatic heterocycles. The minimum absolute atomic E-state index is 0.109. The lowest BCUT2D eigenvalue weighted by molar-refractivity contribution is 0.257. The number of unbranched alkanes of at least 4 members (excludes halogenated alkanes) is 1. The second kappa shape index (κ2) is 7.43. The van der Waals surface area contributed by atoms with Crippen molar-refractivity contribution in [3.8, 4) is 0 Å². The monoisotopic (exact) mass is 277 g/mol. The highest BCUT2D eigenvalue weighted by molar-refractivity contribution is 7.86. The van der Waals surface area contributed by atoms with Crippen LogP contribution in [0.5, 0.6) is 0 Å². The van der Waals surface area contributed by atoms with E-state index in [4.69, 9.17) is 0 Å². The number of likely N-dealkylation sites (N-methyl/N-ethyl adjacent to an activating group) is 1. The maximum atomic E-state index is 12.5. The Kier molecular flexibility index (Phi) is 6.55. The van der Waals surface area contributed by atoms with E-state index in [1.165, 1.54) is 4.31 Å². The van der Waals surface area contributed by atoms with Crippen LogP contribution in [-0.4, -0.2) is 56.3 Å². The molecule has 1 saturated heterocycles. The molecule has 6 heteroatoms. The summed E-state index contributed by atoms with van der Waals surface area (Å²) in [5.41, 5.74) is 0. The molecule has 0 aromatic rings. The fraction of sp³-hybridized carbons (Fsp3) is 1.00. The second-order valence-electron chi connectivity index (χ2n) is 4.89. The normalized spacial score (nSPS) is 21.7. The van der Waals surface area contributed by atoms with Gasteiger partial charge in [-0.2, -0.15) is 17.0 Å². The zero-order valence-corrected chi connectivity index (χ0v) is 12.7. The second-order valence-corrected chi connectivity index (χ2v) is 6.87. The molecule has 18 heavy (non-hydrogen) atoms. The lowest BCUT2D eigenvalue weighted by atomic mass is 10.1. The van der Waals surface area contributed by atoms with Gasteiger partial charge in [-0.1, -0.05) is 20.3 Å². The Hall–Kier alpha value is -0.170. The van der Waals surface area contributed by atoms with Crippen LogP contribution in [0.3, 0.4) is 0 Å². The van der Waals surface area contributed by atoms with Crippen LogP contribution in [0.15, 0.2) is 0 Å². The van der Waals surface area contributed by atoms with Gasteiger partial charge in [-0.25, -0.2) is 0 Å². The number of nitrogens with zero attached hydrogens (tertiary/aromatic N) is 2. The molecule has 0 aliphatic carbocycles. The first kappa shape index (κ1) is 15.9. The van der Waals surface area contributed by atoms with E-state index in [1.807, 2.05) is 6.92 Å². The molecule has 0 aromatic carbocycles. The summed E-state index contributed by atoms with van der Waals surface area (Å²) >= 11 is 0. The van der Waals surface area contributed by atoms with Crippen molar-refractivity contribution < 1.29 is 8.42 Å².